The van der Waals surface area contributed by atoms with Crippen LogP contribution in [0, 0.1) is 5.92 Å². The van der Waals surface area contributed by atoms with Gasteiger partial charge in [-0.25, -0.2) is 0 Å². The SMILES string of the molecule is C=CNC1CCC(NC=C)(C(C(C)=O)C(C)=O)CC1. The molecular formula is C15H24N2O2. The number of ketones is 2. The molecular weight excluding hydrogens is 240 g/mol. The van der Waals surface area contributed by atoms with Crippen LogP contribution in [0.2, 0.25) is 0 Å². The molecule has 0 bridgehead atoms. The molecule has 0 amide bonds. The van der Waals surface area contributed by atoms with E-state index in [9.17, 15) is 9.59 Å². The molecule has 0 atom stereocenters. The lowest BCUT2D eigenvalue weighted by Crippen LogP contribution is -2.57. The highest BCUT2D eigenvalue weighted by Gasteiger charge is 2.45. The van der Waals surface area contributed by atoms with Gasteiger partial charge in [-0.1, -0.05) is 13.2 Å². The lowest BCUT2D eigenvalue weighted by Gasteiger charge is -2.44. The average Bonchev–Trinajstić information content (AvgIpc) is 2.32. The van der Waals surface area contributed by atoms with E-state index in [1.165, 1.54) is 13.8 Å². The van der Waals surface area contributed by atoms with Crippen molar-refractivity contribution in [2.75, 3.05) is 0 Å². The first-order valence-corrected chi connectivity index (χ1v) is 6.73. The quantitative estimate of drug-likeness (QED) is 0.690. The van der Waals surface area contributed by atoms with E-state index in [2.05, 4.69) is 23.8 Å². The van der Waals surface area contributed by atoms with Gasteiger partial charge >= 0.3 is 0 Å². The fraction of sp³-hybridized carbons (Fsp3) is 0.600. The van der Waals surface area contributed by atoms with Gasteiger partial charge in [-0.15, -0.1) is 0 Å². The summed E-state index contributed by atoms with van der Waals surface area (Å²) in [5.41, 5.74) is -0.473. The second kappa shape index (κ2) is 6.55. The zero-order valence-corrected chi connectivity index (χ0v) is 11.9. The smallest absolute Gasteiger partial charge is 0.142 e. The van der Waals surface area contributed by atoms with Crippen LogP contribution < -0.4 is 10.6 Å². The van der Waals surface area contributed by atoms with Gasteiger partial charge in [-0.2, -0.15) is 0 Å². The topological polar surface area (TPSA) is 58.2 Å². The Bertz CT molecular complexity index is 354. The molecule has 0 heterocycles. The Kier molecular flexibility index (Phi) is 5.33. The molecule has 19 heavy (non-hydrogen) atoms. The Morgan fingerprint density at radius 2 is 1.68 bits per heavy atom. The van der Waals surface area contributed by atoms with Crippen molar-refractivity contribution in [3.05, 3.63) is 25.6 Å². The van der Waals surface area contributed by atoms with Gasteiger partial charge in [0, 0.05) is 6.04 Å². The van der Waals surface area contributed by atoms with Crippen molar-refractivity contribution in [3.63, 3.8) is 0 Å². The first kappa shape index (κ1) is 15.5. The van der Waals surface area contributed by atoms with E-state index in [1.807, 2.05) is 0 Å². The zero-order valence-electron chi connectivity index (χ0n) is 11.9. The van der Waals surface area contributed by atoms with Crippen LogP contribution in [-0.2, 0) is 9.59 Å². The number of hydrogen-bond donors (Lipinski definition) is 2. The minimum absolute atomic E-state index is 0.0722. The Morgan fingerprint density at radius 1 is 1.16 bits per heavy atom. The van der Waals surface area contributed by atoms with Crippen LogP contribution in [0.4, 0.5) is 0 Å². The van der Waals surface area contributed by atoms with Gasteiger partial charge in [0.15, 0.2) is 0 Å². The highest BCUT2D eigenvalue weighted by atomic mass is 16.1. The number of rotatable bonds is 7. The number of hydrogen-bond acceptors (Lipinski definition) is 4. The van der Waals surface area contributed by atoms with Gasteiger partial charge in [0.1, 0.15) is 11.6 Å². The predicted molar refractivity (Wildman–Crippen MR) is 76.5 cm³/mol. The number of nitrogens with one attached hydrogen (secondary N) is 2. The molecule has 4 nitrogen and oxygen atoms in total. The molecule has 0 spiro atoms. The first-order chi connectivity index (χ1) is 8.96. The molecule has 0 aromatic heterocycles. The molecule has 0 aromatic carbocycles. The van der Waals surface area contributed by atoms with E-state index in [0.717, 1.165) is 25.7 Å². The first-order valence-electron chi connectivity index (χ1n) is 6.73. The van der Waals surface area contributed by atoms with Crippen LogP contribution in [0.25, 0.3) is 0 Å². The summed E-state index contributed by atoms with van der Waals surface area (Å²) >= 11 is 0. The standard InChI is InChI=1S/C15H24N2O2/c1-5-16-13-7-9-15(10-8-13,17-6-2)14(11(3)18)12(4)19/h5-6,13-14,16-17H,1-2,7-10H2,3-4H3. The minimum Gasteiger partial charge on any atom is -0.389 e. The second-order valence-corrected chi connectivity index (χ2v) is 5.30. The Morgan fingerprint density at radius 3 is 2.05 bits per heavy atom. The molecule has 2 N–H and O–H groups in total. The minimum atomic E-state index is -0.588. The molecule has 106 valence electrons. The van der Waals surface area contributed by atoms with Gasteiger partial charge in [0.2, 0.25) is 0 Å². The number of carbonyl (C=O) groups is 2. The van der Waals surface area contributed by atoms with Gasteiger partial charge in [0.25, 0.3) is 0 Å². The van der Waals surface area contributed by atoms with Gasteiger partial charge in [0.05, 0.1) is 11.5 Å². The fourth-order valence-electron chi connectivity index (χ4n) is 3.25. The normalized spacial score (nSPS) is 26.6. The van der Waals surface area contributed by atoms with Crippen molar-refractivity contribution in [1.82, 2.24) is 10.6 Å². The van der Waals surface area contributed by atoms with Crippen LogP contribution in [0.1, 0.15) is 39.5 Å². The highest BCUT2D eigenvalue weighted by Crippen LogP contribution is 2.36. The van der Waals surface area contributed by atoms with Gasteiger partial charge in [-0.05, 0) is 51.9 Å². The summed E-state index contributed by atoms with van der Waals surface area (Å²) in [5.74, 6) is -0.732. The predicted octanol–water partition coefficient (Wildman–Crippen LogP) is 1.93. The summed E-state index contributed by atoms with van der Waals surface area (Å²) in [4.78, 5) is 23.7. The molecule has 1 rings (SSSR count). The average molecular weight is 264 g/mol. The summed E-state index contributed by atoms with van der Waals surface area (Å²) in [5, 5.41) is 6.39. The molecule has 4 heteroatoms. The molecule has 1 aliphatic rings. The molecule has 0 saturated heterocycles. The highest BCUT2D eigenvalue weighted by molar-refractivity contribution is 6.01. The summed E-state index contributed by atoms with van der Waals surface area (Å²) in [6.07, 6.45) is 6.66. The summed E-state index contributed by atoms with van der Waals surface area (Å²) < 4.78 is 0. The van der Waals surface area contributed by atoms with Crippen LogP contribution in [-0.4, -0.2) is 23.1 Å². The van der Waals surface area contributed by atoms with Crippen molar-refractivity contribution in [2.24, 2.45) is 5.92 Å². The monoisotopic (exact) mass is 264 g/mol. The Hall–Kier alpha value is -1.58. The summed E-state index contributed by atoms with van der Waals surface area (Å²) in [7, 11) is 0. The van der Waals surface area contributed by atoms with Gasteiger partial charge < -0.3 is 10.6 Å². The molecule has 0 aromatic rings. The molecule has 0 aliphatic heterocycles. The Balaban J connectivity index is 2.92. The summed E-state index contributed by atoms with van der Waals surface area (Å²) in [6, 6.07) is 0.372. The van der Waals surface area contributed by atoms with E-state index in [-0.39, 0.29) is 11.6 Å². The maximum Gasteiger partial charge on any atom is 0.142 e. The van der Waals surface area contributed by atoms with Crippen LogP contribution in [0.3, 0.4) is 0 Å². The molecule has 0 unspecified atom stereocenters. The molecule has 1 saturated carbocycles. The summed E-state index contributed by atoms with van der Waals surface area (Å²) in [6.45, 7) is 10.3. The Labute approximate surface area is 115 Å². The number of Topliss-reactive ketones (excluding diaryl/α,β-unsaturated/α-hetero) is 2. The van der Waals surface area contributed by atoms with Crippen LogP contribution in [0.5, 0.6) is 0 Å². The second-order valence-electron chi connectivity index (χ2n) is 5.30. The third kappa shape index (κ3) is 3.46. The lowest BCUT2D eigenvalue weighted by molar-refractivity contribution is -0.134. The van der Waals surface area contributed by atoms with Crippen molar-refractivity contribution < 1.29 is 9.59 Å². The van der Waals surface area contributed by atoms with Crippen molar-refractivity contribution in [3.8, 4) is 0 Å². The van der Waals surface area contributed by atoms with Crippen molar-refractivity contribution >= 4 is 11.6 Å². The van der Waals surface area contributed by atoms with Crippen molar-refractivity contribution in [1.29, 1.82) is 0 Å². The fourth-order valence-corrected chi connectivity index (χ4v) is 3.25. The maximum atomic E-state index is 11.8. The van der Waals surface area contributed by atoms with E-state index >= 15 is 0 Å². The van der Waals surface area contributed by atoms with Crippen LogP contribution >= 0.6 is 0 Å². The van der Waals surface area contributed by atoms with E-state index in [1.54, 1.807) is 12.4 Å². The zero-order chi connectivity index (χ0) is 14.5. The molecule has 1 fully saturated rings. The van der Waals surface area contributed by atoms with Crippen molar-refractivity contribution in [2.45, 2.75) is 51.1 Å². The van der Waals surface area contributed by atoms with Crippen LogP contribution in [0.15, 0.2) is 25.6 Å². The molecule has 0 radical (unpaired) electrons. The maximum absolute atomic E-state index is 11.8. The lowest BCUT2D eigenvalue weighted by atomic mass is 9.68. The van der Waals surface area contributed by atoms with Gasteiger partial charge in [-0.3, -0.25) is 9.59 Å². The third-order valence-electron chi connectivity index (χ3n) is 3.99. The number of carbonyl (C=O) groups excluding carboxylic acids is 2. The largest absolute Gasteiger partial charge is 0.389 e. The third-order valence-corrected chi connectivity index (χ3v) is 3.99. The van der Waals surface area contributed by atoms with E-state index in [4.69, 9.17) is 0 Å². The molecule has 1 aliphatic carbocycles. The van der Waals surface area contributed by atoms with E-state index < -0.39 is 11.5 Å². The van der Waals surface area contributed by atoms with E-state index in [0.29, 0.717) is 6.04 Å².